The fraction of sp³-hybridized carbons (Fsp3) is 0.607. The lowest BCUT2D eigenvalue weighted by Crippen LogP contribution is -2.39. The first-order valence-electron chi connectivity index (χ1n) is 13.1. The van der Waals surface area contributed by atoms with Gasteiger partial charge in [-0.3, -0.25) is 4.79 Å². The highest BCUT2D eigenvalue weighted by Crippen LogP contribution is 2.39. The minimum atomic E-state index is -0.506. The number of aromatic nitrogens is 1. The van der Waals surface area contributed by atoms with Gasteiger partial charge in [-0.2, -0.15) is 0 Å². The molecule has 2 fully saturated rings. The van der Waals surface area contributed by atoms with Crippen molar-refractivity contribution in [2.24, 2.45) is 5.41 Å². The Bertz CT molecular complexity index is 1040. The van der Waals surface area contributed by atoms with Crippen molar-refractivity contribution >= 4 is 12.1 Å². The number of rotatable bonds is 8. The van der Waals surface area contributed by atoms with E-state index in [1.54, 1.807) is 11.9 Å². The largest absolute Gasteiger partial charge is 0.490 e. The van der Waals surface area contributed by atoms with Crippen molar-refractivity contribution in [3.8, 4) is 17.1 Å². The average molecular weight is 499 g/mol. The molecule has 8 heteroatoms. The number of hydrogen-bond acceptors (Lipinski definition) is 7. The van der Waals surface area contributed by atoms with E-state index in [9.17, 15) is 9.59 Å². The standard InChI is InChI=1S/C28H38N2O6/c1-5-33-26(31)28(3)16-8-11-23(17-28)35-22-14-12-20(13-15-22)25-24(19(2)29-36-25)18-34-27(32)30(4)21-9-6-7-10-21/h12-15,21,23H,5-11,16-18H2,1-4H3/t23-,28+/m1/s1. The van der Waals surface area contributed by atoms with Crippen LogP contribution in [0.15, 0.2) is 28.8 Å². The van der Waals surface area contributed by atoms with Crippen molar-refractivity contribution in [3.63, 3.8) is 0 Å². The number of nitrogens with zero attached hydrogens (tertiary/aromatic N) is 2. The second-order valence-electron chi connectivity index (χ2n) is 10.3. The molecule has 2 atom stereocenters. The van der Waals surface area contributed by atoms with E-state index in [-0.39, 0.29) is 30.8 Å². The monoisotopic (exact) mass is 498 g/mol. The van der Waals surface area contributed by atoms with Gasteiger partial charge in [0.15, 0.2) is 5.76 Å². The second-order valence-corrected chi connectivity index (χ2v) is 10.3. The Morgan fingerprint density at radius 3 is 2.53 bits per heavy atom. The Hall–Kier alpha value is -3.03. The number of aryl methyl sites for hydroxylation is 1. The fourth-order valence-electron chi connectivity index (χ4n) is 5.36. The predicted molar refractivity (Wildman–Crippen MR) is 135 cm³/mol. The van der Waals surface area contributed by atoms with Crippen molar-refractivity contribution in [3.05, 3.63) is 35.5 Å². The van der Waals surface area contributed by atoms with Gasteiger partial charge in [-0.25, -0.2) is 4.79 Å². The van der Waals surface area contributed by atoms with Crippen LogP contribution in [-0.2, 0) is 20.9 Å². The van der Waals surface area contributed by atoms with E-state index in [0.29, 0.717) is 24.5 Å². The smallest absolute Gasteiger partial charge is 0.410 e. The molecule has 0 unspecified atom stereocenters. The molecular formula is C28H38N2O6. The summed E-state index contributed by atoms with van der Waals surface area (Å²) in [5.41, 5.74) is 1.78. The number of amides is 1. The molecule has 0 N–H and O–H groups in total. The third kappa shape index (κ3) is 5.85. The van der Waals surface area contributed by atoms with E-state index in [4.69, 9.17) is 18.7 Å². The molecule has 1 aromatic heterocycles. The average Bonchev–Trinajstić information content (AvgIpc) is 3.53. The van der Waals surface area contributed by atoms with Crippen LogP contribution in [0.1, 0.15) is 76.5 Å². The van der Waals surface area contributed by atoms with E-state index in [0.717, 1.165) is 61.8 Å². The summed E-state index contributed by atoms with van der Waals surface area (Å²) >= 11 is 0. The highest BCUT2D eigenvalue weighted by Gasteiger charge is 2.40. The van der Waals surface area contributed by atoms with Gasteiger partial charge in [0.2, 0.25) is 0 Å². The van der Waals surface area contributed by atoms with Gasteiger partial charge >= 0.3 is 12.1 Å². The molecule has 2 aromatic rings. The van der Waals surface area contributed by atoms with Gasteiger partial charge in [-0.1, -0.05) is 18.0 Å². The molecular weight excluding hydrogens is 460 g/mol. The molecule has 2 aliphatic carbocycles. The Morgan fingerprint density at radius 1 is 1.11 bits per heavy atom. The highest BCUT2D eigenvalue weighted by molar-refractivity contribution is 5.76. The van der Waals surface area contributed by atoms with Gasteiger partial charge in [0.1, 0.15) is 12.4 Å². The molecule has 0 radical (unpaired) electrons. The van der Waals surface area contributed by atoms with E-state index in [1.807, 2.05) is 45.0 Å². The van der Waals surface area contributed by atoms with Crippen LogP contribution in [0.25, 0.3) is 11.3 Å². The Labute approximate surface area is 213 Å². The van der Waals surface area contributed by atoms with Crippen molar-refractivity contribution in [1.29, 1.82) is 0 Å². The third-order valence-electron chi connectivity index (χ3n) is 7.61. The number of ether oxygens (including phenoxy) is 3. The number of carbonyl (C=O) groups is 2. The van der Waals surface area contributed by atoms with Gasteiger partial charge in [-0.05, 0) is 77.1 Å². The number of benzene rings is 1. The summed E-state index contributed by atoms with van der Waals surface area (Å²) in [6, 6.07) is 7.88. The number of hydrogen-bond donors (Lipinski definition) is 0. The summed E-state index contributed by atoms with van der Waals surface area (Å²) in [5, 5.41) is 4.10. The normalized spacial score (nSPS) is 22.3. The topological polar surface area (TPSA) is 91.1 Å². The molecule has 2 aliphatic rings. The van der Waals surface area contributed by atoms with Crippen LogP contribution in [0.4, 0.5) is 4.79 Å². The first-order chi connectivity index (χ1) is 17.3. The zero-order valence-corrected chi connectivity index (χ0v) is 21.9. The maximum atomic E-state index is 12.5. The molecule has 196 valence electrons. The SMILES string of the molecule is CCOC(=O)[C@@]1(C)CCC[C@@H](Oc2ccc(-c3onc(C)c3COC(=O)N(C)C3CCCC3)cc2)C1. The van der Waals surface area contributed by atoms with E-state index in [2.05, 4.69) is 5.16 Å². The van der Waals surface area contributed by atoms with E-state index in [1.165, 1.54) is 0 Å². The number of esters is 1. The lowest BCUT2D eigenvalue weighted by Gasteiger charge is -2.36. The summed E-state index contributed by atoms with van der Waals surface area (Å²) in [6.45, 7) is 6.14. The second kappa shape index (κ2) is 11.4. The van der Waals surface area contributed by atoms with E-state index < -0.39 is 5.41 Å². The van der Waals surface area contributed by atoms with Gasteiger partial charge in [0, 0.05) is 25.1 Å². The van der Waals surface area contributed by atoms with Gasteiger partial charge in [-0.15, -0.1) is 0 Å². The van der Waals surface area contributed by atoms with Gasteiger partial charge < -0.3 is 23.6 Å². The predicted octanol–water partition coefficient (Wildman–Crippen LogP) is 6.05. The van der Waals surface area contributed by atoms with Crippen LogP contribution in [0.5, 0.6) is 5.75 Å². The third-order valence-corrected chi connectivity index (χ3v) is 7.61. The first-order valence-corrected chi connectivity index (χ1v) is 13.1. The zero-order chi connectivity index (χ0) is 25.7. The maximum absolute atomic E-state index is 12.5. The molecule has 1 amide bonds. The summed E-state index contributed by atoms with van der Waals surface area (Å²) in [5.74, 6) is 1.18. The van der Waals surface area contributed by atoms with Crippen LogP contribution < -0.4 is 4.74 Å². The van der Waals surface area contributed by atoms with Crippen molar-refractivity contribution in [1.82, 2.24) is 10.1 Å². The number of carbonyl (C=O) groups excluding carboxylic acids is 2. The molecule has 2 saturated carbocycles. The summed E-state index contributed by atoms with van der Waals surface area (Å²) < 4.78 is 22.7. The molecule has 0 bridgehead atoms. The van der Waals surface area contributed by atoms with Crippen LogP contribution in [0.3, 0.4) is 0 Å². The van der Waals surface area contributed by atoms with Crippen molar-refractivity contribution < 1.29 is 28.3 Å². The van der Waals surface area contributed by atoms with Crippen molar-refractivity contribution in [2.75, 3.05) is 13.7 Å². The highest BCUT2D eigenvalue weighted by atomic mass is 16.6. The molecule has 4 rings (SSSR count). The Kier molecular flexibility index (Phi) is 8.21. The van der Waals surface area contributed by atoms with Gasteiger partial charge in [0.25, 0.3) is 0 Å². The zero-order valence-electron chi connectivity index (χ0n) is 21.9. The molecule has 0 saturated heterocycles. The Morgan fingerprint density at radius 2 is 1.83 bits per heavy atom. The molecule has 8 nitrogen and oxygen atoms in total. The molecule has 0 spiro atoms. The van der Waals surface area contributed by atoms with Crippen LogP contribution in [-0.4, -0.2) is 47.9 Å². The maximum Gasteiger partial charge on any atom is 0.410 e. The van der Waals surface area contributed by atoms with Crippen LogP contribution >= 0.6 is 0 Å². The summed E-state index contributed by atoms with van der Waals surface area (Å²) in [6.07, 6.45) is 7.29. The molecule has 1 heterocycles. The van der Waals surface area contributed by atoms with E-state index >= 15 is 0 Å². The summed E-state index contributed by atoms with van der Waals surface area (Å²) in [7, 11) is 1.81. The van der Waals surface area contributed by atoms with Crippen LogP contribution in [0.2, 0.25) is 0 Å². The fourth-order valence-corrected chi connectivity index (χ4v) is 5.36. The van der Waals surface area contributed by atoms with Crippen molar-refractivity contribution in [2.45, 2.75) is 90.9 Å². The lowest BCUT2D eigenvalue weighted by atomic mass is 9.74. The van der Waals surface area contributed by atoms with Crippen LogP contribution in [0, 0.1) is 12.3 Å². The summed E-state index contributed by atoms with van der Waals surface area (Å²) in [4.78, 5) is 26.7. The first kappa shape index (κ1) is 26.0. The molecule has 1 aromatic carbocycles. The quantitative estimate of drug-likeness (QED) is 0.409. The minimum absolute atomic E-state index is 0.0432. The molecule has 36 heavy (non-hydrogen) atoms. The van der Waals surface area contributed by atoms with Gasteiger partial charge in [0.05, 0.1) is 29.4 Å². The lowest BCUT2D eigenvalue weighted by molar-refractivity contribution is -0.158. The minimum Gasteiger partial charge on any atom is -0.490 e. The Balaban J connectivity index is 1.38. The molecule has 0 aliphatic heterocycles.